The van der Waals surface area contributed by atoms with Gasteiger partial charge in [0.05, 0.1) is 19.3 Å². The molecule has 10 heteroatoms. The van der Waals surface area contributed by atoms with Gasteiger partial charge < -0.3 is 29.2 Å². The van der Waals surface area contributed by atoms with E-state index in [-0.39, 0.29) is 18.0 Å². The molecule has 0 unspecified atom stereocenters. The fourth-order valence-electron chi connectivity index (χ4n) is 4.97. The van der Waals surface area contributed by atoms with Crippen LogP contribution in [0.2, 0.25) is 0 Å². The molecule has 0 spiro atoms. The maximum Gasteiger partial charge on any atom is 0.338 e. The van der Waals surface area contributed by atoms with Gasteiger partial charge in [-0.1, -0.05) is 12.1 Å². The van der Waals surface area contributed by atoms with E-state index in [0.717, 1.165) is 21.5 Å². The fourth-order valence-corrected chi connectivity index (χ4v) is 5.86. The van der Waals surface area contributed by atoms with Crippen LogP contribution in [0.15, 0.2) is 66.0 Å². The Hall–Kier alpha value is -4.31. The zero-order valence-corrected chi connectivity index (χ0v) is 23.6. The van der Waals surface area contributed by atoms with Gasteiger partial charge in [-0.15, -0.1) is 11.3 Å². The maximum atomic E-state index is 13.8. The van der Waals surface area contributed by atoms with Crippen molar-refractivity contribution in [2.75, 3.05) is 38.7 Å². The molecule has 0 radical (unpaired) electrons. The van der Waals surface area contributed by atoms with Gasteiger partial charge in [0.25, 0.3) is 5.91 Å². The number of methoxy groups -OCH3 is 1. The highest BCUT2D eigenvalue weighted by molar-refractivity contribution is 7.16. The summed E-state index contributed by atoms with van der Waals surface area (Å²) in [5.74, 6) is 0.329. The van der Waals surface area contributed by atoms with Crippen LogP contribution in [-0.2, 0) is 11.3 Å². The molecule has 208 valence electrons. The summed E-state index contributed by atoms with van der Waals surface area (Å²) >= 11 is 1.61. The Morgan fingerprint density at radius 2 is 1.85 bits per heavy atom. The van der Waals surface area contributed by atoms with Gasteiger partial charge in [-0.25, -0.2) is 9.59 Å². The Balaban J connectivity index is 1.26. The number of fused-ring (bicyclic) bond motifs is 1. The Morgan fingerprint density at radius 3 is 2.58 bits per heavy atom. The quantitative estimate of drug-likeness (QED) is 0.309. The molecule has 1 aliphatic rings. The van der Waals surface area contributed by atoms with Gasteiger partial charge in [-0.2, -0.15) is 0 Å². The molecule has 2 aromatic carbocycles. The molecule has 5 rings (SSSR count). The first-order chi connectivity index (χ1) is 19.4. The van der Waals surface area contributed by atoms with Crippen LogP contribution >= 0.6 is 11.3 Å². The lowest BCUT2D eigenvalue weighted by Crippen LogP contribution is -2.56. The van der Waals surface area contributed by atoms with Crippen molar-refractivity contribution in [2.45, 2.75) is 26.4 Å². The summed E-state index contributed by atoms with van der Waals surface area (Å²) in [6.45, 7) is 5.80. The highest BCUT2D eigenvalue weighted by atomic mass is 32.1. The Kier molecular flexibility index (Phi) is 8.06. The van der Waals surface area contributed by atoms with Gasteiger partial charge in [-0.05, 0) is 73.3 Å². The lowest BCUT2D eigenvalue weighted by atomic mass is 10.1. The normalized spacial score (nSPS) is 15.2. The SMILES string of the molecule is CCOC(=O)c1ccc(NC(=O)N2CCN(C(=O)c3cc4ccsc4n3Cc3cccc(OC)c3)C[C@H]2C)cc1. The standard InChI is InChI=1S/C30H32N4O5S/c1-4-39-29(36)22-8-10-24(11-9-22)31-30(37)33-14-13-32(18-20(33)2)27(35)26-17-23-12-15-40-28(23)34(26)19-21-6-5-7-25(16-21)38-3/h5-12,15-17,20H,4,13-14,18-19H2,1-3H3,(H,31,37)/t20-/m1/s1. The summed E-state index contributed by atoms with van der Waals surface area (Å²) in [5.41, 5.74) is 2.69. The molecule has 40 heavy (non-hydrogen) atoms. The van der Waals surface area contributed by atoms with Crippen molar-refractivity contribution in [1.29, 1.82) is 0 Å². The molecular formula is C30H32N4O5S. The second kappa shape index (κ2) is 11.8. The molecule has 9 nitrogen and oxygen atoms in total. The third-order valence-electron chi connectivity index (χ3n) is 7.02. The number of hydrogen-bond acceptors (Lipinski definition) is 6. The lowest BCUT2D eigenvalue weighted by Gasteiger charge is -2.39. The average Bonchev–Trinajstić information content (AvgIpc) is 3.56. The number of urea groups is 1. The Bertz CT molecular complexity index is 1530. The van der Waals surface area contributed by atoms with E-state index in [2.05, 4.69) is 9.88 Å². The van der Waals surface area contributed by atoms with Crippen molar-refractivity contribution < 1.29 is 23.9 Å². The highest BCUT2D eigenvalue weighted by Gasteiger charge is 2.32. The largest absolute Gasteiger partial charge is 0.497 e. The number of thiophene rings is 1. The monoisotopic (exact) mass is 560 g/mol. The molecule has 3 heterocycles. The number of benzene rings is 2. The first-order valence-electron chi connectivity index (χ1n) is 13.2. The van der Waals surface area contributed by atoms with Gasteiger partial charge >= 0.3 is 12.0 Å². The highest BCUT2D eigenvalue weighted by Crippen LogP contribution is 2.28. The lowest BCUT2D eigenvalue weighted by molar-refractivity contribution is 0.0525. The van der Waals surface area contributed by atoms with Gasteiger partial charge in [0.2, 0.25) is 0 Å². The molecule has 3 amide bonds. The summed E-state index contributed by atoms with van der Waals surface area (Å²) in [5, 5.41) is 5.97. The predicted molar refractivity (Wildman–Crippen MR) is 155 cm³/mol. The number of carbonyl (C=O) groups is 3. The number of nitrogens with zero attached hydrogens (tertiary/aromatic N) is 3. The number of hydrogen-bond donors (Lipinski definition) is 1. The zero-order valence-electron chi connectivity index (χ0n) is 22.8. The maximum absolute atomic E-state index is 13.8. The van der Waals surface area contributed by atoms with E-state index in [0.29, 0.717) is 49.7 Å². The molecule has 1 fully saturated rings. The molecule has 0 saturated carbocycles. The van der Waals surface area contributed by atoms with Crippen LogP contribution in [0.5, 0.6) is 5.75 Å². The first-order valence-corrected chi connectivity index (χ1v) is 14.1. The van der Waals surface area contributed by atoms with E-state index in [9.17, 15) is 14.4 Å². The first kappa shape index (κ1) is 27.3. The number of ether oxygens (including phenoxy) is 2. The van der Waals surface area contributed by atoms with Crippen LogP contribution < -0.4 is 10.1 Å². The molecule has 1 atom stereocenters. The molecule has 0 aliphatic carbocycles. The van der Waals surface area contributed by atoms with Crippen molar-refractivity contribution in [2.24, 2.45) is 0 Å². The average molecular weight is 561 g/mol. The summed E-state index contributed by atoms with van der Waals surface area (Å²) in [4.78, 5) is 43.3. The molecule has 2 aromatic heterocycles. The minimum atomic E-state index is -0.399. The summed E-state index contributed by atoms with van der Waals surface area (Å²) in [6, 6.07) is 18.0. The molecule has 1 saturated heterocycles. The topological polar surface area (TPSA) is 93.1 Å². The van der Waals surface area contributed by atoms with Crippen LogP contribution in [0, 0.1) is 0 Å². The Morgan fingerprint density at radius 1 is 1.05 bits per heavy atom. The molecule has 0 bridgehead atoms. The van der Waals surface area contributed by atoms with Crippen molar-refractivity contribution in [3.63, 3.8) is 0 Å². The zero-order chi connectivity index (χ0) is 28.2. The number of carbonyl (C=O) groups excluding carboxylic acids is 3. The minimum Gasteiger partial charge on any atom is -0.497 e. The number of rotatable bonds is 7. The van der Waals surface area contributed by atoms with Crippen LogP contribution in [0.25, 0.3) is 10.2 Å². The second-order valence-electron chi connectivity index (χ2n) is 9.67. The van der Waals surface area contributed by atoms with Crippen molar-refractivity contribution in [3.05, 3.63) is 82.9 Å². The van der Waals surface area contributed by atoms with E-state index >= 15 is 0 Å². The van der Waals surface area contributed by atoms with Gasteiger partial charge in [0.15, 0.2) is 0 Å². The number of anilines is 1. The second-order valence-corrected chi connectivity index (χ2v) is 10.6. The number of esters is 1. The van der Waals surface area contributed by atoms with Gasteiger partial charge in [-0.3, -0.25) is 4.79 Å². The number of amides is 3. The summed E-state index contributed by atoms with van der Waals surface area (Å²) in [6.07, 6.45) is 0. The van der Waals surface area contributed by atoms with Crippen molar-refractivity contribution in [1.82, 2.24) is 14.4 Å². The summed E-state index contributed by atoms with van der Waals surface area (Å²) < 4.78 is 12.5. The number of nitrogens with one attached hydrogen (secondary N) is 1. The number of aromatic nitrogens is 1. The summed E-state index contributed by atoms with van der Waals surface area (Å²) in [7, 11) is 1.64. The van der Waals surface area contributed by atoms with E-state index < -0.39 is 5.97 Å². The van der Waals surface area contributed by atoms with Crippen molar-refractivity contribution in [3.8, 4) is 5.75 Å². The third kappa shape index (κ3) is 5.67. The predicted octanol–water partition coefficient (Wildman–Crippen LogP) is 5.31. The van der Waals surface area contributed by atoms with Gasteiger partial charge in [0, 0.05) is 43.3 Å². The number of piperazine rings is 1. The molecular weight excluding hydrogens is 528 g/mol. The molecule has 4 aromatic rings. The van der Waals surface area contributed by atoms with E-state index in [1.54, 1.807) is 54.5 Å². The van der Waals surface area contributed by atoms with Crippen molar-refractivity contribution >= 4 is 45.1 Å². The minimum absolute atomic E-state index is 0.0484. The Labute approximate surface area is 236 Å². The van der Waals surface area contributed by atoms with Crippen LogP contribution in [0.3, 0.4) is 0 Å². The van der Waals surface area contributed by atoms with Crippen LogP contribution in [-0.4, -0.2) is 71.7 Å². The smallest absolute Gasteiger partial charge is 0.338 e. The fraction of sp³-hybridized carbons (Fsp3) is 0.300. The van der Waals surface area contributed by atoms with Gasteiger partial charge in [0.1, 0.15) is 16.3 Å². The van der Waals surface area contributed by atoms with Crippen LogP contribution in [0.1, 0.15) is 40.3 Å². The van der Waals surface area contributed by atoms with E-state index in [1.807, 2.05) is 53.6 Å². The molecule has 1 aliphatic heterocycles. The van der Waals surface area contributed by atoms with E-state index in [1.165, 1.54) is 0 Å². The van der Waals surface area contributed by atoms with Crippen LogP contribution in [0.4, 0.5) is 10.5 Å². The van der Waals surface area contributed by atoms with E-state index in [4.69, 9.17) is 9.47 Å². The molecule has 1 N–H and O–H groups in total. The third-order valence-corrected chi connectivity index (χ3v) is 7.97.